The monoisotopic (exact) mass is 158 g/mol. The van der Waals surface area contributed by atoms with Gasteiger partial charge in [-0.15, -0.1) is 0 Å². The van der Waals surface area contributed by atoms with Crippen molar-refractivity contribution >= 4 is 0 Å². The minimum Gasteiger partial charge on any atom is -0.0833 e. The van der Waals surface area contributed by atoms with Crippen LogP contribution in [0.3, 0.4) is 0 Å². The molecule has 2 aliphatic carbocycles. The van der Waals surface area contributed by atoms with Gasteiger partial charge in [0.2, 0.25) is 0 Å². The Balaban J connectivity index is 2.46. The Kier molecular flexibility index (Phi) is 1.57. The second-order valence-corrected chi connectivity index (χ2v) is 3.89. The summed E-state index contributed by atoms with van der Waals surface area (Å²) in [4.78, 5) is 0. The second-order valence-electron chi connectivity index (χ2n) is 3.89. The summed E-state index contributed by atoms with van der Waals surface area (Å²) < 4.78 is 0. The van der Waals surface area contributed by atoms with Crippen molar-refractivity contribution in [2.45, 2.75) is 20.3 Å². The Morgan fingerprint density at radius 3 is 3.00 bits per heavy atom. The number of hydrogen-bond acceptors (Lipinski definition) is 0. The van der Waals surface area contributed by atoms with Crippen LogP contribution < -0.4 is 0 Å². The van der Waals surface area contributed by atoms with E-state index in [1.165, 1.54) is 11.1 Å². The van der Waals surface area contributed by atoms with Crippen LogP contribution in [0.1, 0.15) is 20.3 Å². The van der Waals surface area contributed by atoms with Crippen LogP contribution in [0.15, 0.2) is 47.6 Å². The molecule has 1 atom stereocenters. The molecule has 0 aliphatic heterocycles. The lowest BCUT2D eigenvalue weighted by atomic mass is 9.73. The second kappa shape index (κ2) is 2.48. The van der Waals surface area contributed by atoms with E-state index in [2.05, 4.69) is 50.3 Å². The van der Waals surface area contributed by atoms with Crippen LogP contribution in [-0.2, 0) is 0 Å². The molecular formula is C12H14. The third-order valence-electron chi connectivity index (χ3n) is 2.69. The summed E-state index contributed by atoms with van der Waals surface area (Å²) in [5, 5.41) is 0. The highest BCUT2D eigenvalue weighted by atomic mass is 14.3. The molecule has 2 aliphatic rings. The summed E-state index contributed by atoms with van der Waals surface area (Å²) in [6, 6.07) is 0. The maximum Gasteiger partial charge on any atom is 0.0144 e. The van der Waals surface area contributed by atoms with Crippen molar-refractivity contribution < 1.29 is 0 Å². The van der Waals surface area contributed by atoms with Crippen LogP contribution in [0, 0.1) is 5.41 Å². The predicted molar refractivity (Wildman–Crippen MR) is 52.8 cm³/mol. The quantitative estimate of drug-likeness (QED) is 0.507. The first-order chi connectivity index (χ1) is 5.71. The van der Waals surface area contributed by atoms with Gasteiger partial charge in [-0.25, -0.2) is 0 Å². The standard InChI is InChI=1S/C12H14/c1-10-6-7-11-5-3-4-8-12(11,2)9-10/h3-7,9H,8H2,1-2H3. The third kappa shape index (κ3) is 1.08. The largest absolute Gasteiger partial charge is 0.0833 e. The van der Waals surface area contributed by atoms with E-state index in [0.29, 0.717) is 0 Å². The van der Waals surface area contributed by atoms with Crippen molar-refractivity contribution in [3.05, 3.63) is 47.6 Å². The van der Waals surface area contributed by atoms with E-state index in [0.717, 1.165) is 6.42 Å². The van der Waals surface area contributed by atoms with Gasteiger partial charge in [-0.3, -0.25) is 0 Å². The number of allylic oxidation sites excluding steroid dienone is 8. The SMILES string of the molecule is CC1=CC2(C)CC=CC=C2C=C1. The van der Waals surface area contributed by atoms with E-state index >= 15 is 0 Å². The van der Waals surface area contributed by atoms with E-state index in [4.69, 9.17) is 0 Å². The van der Waals surface area contributed by atoms with Crippen molar-refractivity contribution in [2.75, 3.05) is 0 Å². The molecule has 0 aromatic rings. The van der Waals surface area contributed by atoms with Gasteiger partial charge in [-0.2, -0.15) is 0 Å². The van der Waals surface area contributed by atoms with Crippen LogP contribution in [0.25, 0.3) is 0 Å². The normalized spacial score (nSPS) is 32.5. The lowest BCUT2D eigenvalue weighted by Crippen LogP contribution is -2.18. The molecule has 62 valence electrons. The maximum absolute atomic E-state index is 2.36. The van der Waals surface area contributed by atoms with Crippen molar-refractivity contribution in [3.8, 4) is 0 Å². The number of hydrogen-bond donors (Lipinski definition) is 0. The minimum atomic E-state index is 0.271. The van der Waals surface area contributed by atoms with Crippen LogP contribution in [0.5, 0.6) is 0 Å². The molecule has 0 radical (unpaired) electrons. The first-order valence-corrected chi connectivity index (χ1v) is 4.46. The molecule has 0 N–H and O–H groups in total. The van der Waals surface area contributed by atoms with Gasteiger partial charge < -0.3 is 0 Å². The van der Waals surface area contributed by atoms with Gasteiger partial charge in [-0.1, -0.05) is 49.0 Å². The molecule has 0 amide bonds. The number of rotatable bonds is 0. The highest BCUT2D eigenvalue weighted by Crippen LogP contribution is 2.40. The smallest absolute Gasteiger partial charge is 0.0144 e. The van der Waals surface area contributed by atoms with Crippen molar-refractivity contribution in [1.82, 2.24) is 0 Å². The third-order valence-corrected chi connectivity index (χ3v) is 2.69. The van der Waals surface area contributed by atoms with E-state index in [1.54, 1.807) is 0 Å². The number of fused-ring (bicyclic) bond motifs is 1. The molecule has 0 aromatic heterocycles. The summed E-state index contributed by atoms with van der Waals surface area (Å²) in [6.45, 7) is 4.46. The first kappa shape index (κ1) is 7.60. The first-order valence-electron chi connectivity index (χ1n) is 4.46. The van der Waals surface area contributed by atoms with E-state index < -0.39 is 0 Å². The van der Waals surface area contributed by atoms with Crippen molar-refractivity contribution in [1.29, 1.82) is 0 Å². The Labute approximate surface area is 74.0 Å². The zero-order valence-corrected chi connectivity index (χ0v) is 7.67. The Hall–Kier alpha value is -1.04. The zero-order valence-electron chi connectivity index (χ0n) is 7.67. The molecule has 0 heterocycles. The van der Waals surface area contributed by atoms with Crippen LogP contribution in [0.2, 0.25) is 0 Å². The fraction of sp³-hybridized carbons (Fsp3) is 0.333. The summed E-state index contributed by atoms with van der Waals surface area (Å²) in [6.07, 6.45) is 14.5. The van der Waals surface area contributed by atoms with Crippen LogP contribution in [0.4, 0.5) is 0 Å². The van der Waals surface area contributed by atoms with Gasteiger partial charge in [-0.05, 0) is 18.9 Å². The summed E-state index contributed by atoms with van der Waals surface area (Å²) >= 11 is 0. The average molecular weight is 158 g/mol. The fourth-order valence-electron chi connectivity index (χ4n) is 1.95. The molecule has 0 saturated carbocycles. The zero-order chi connectivity index (χ0) is 8.60. The Morgan fingerprint density at radius 1 is 1.33 bits per heavy atom. The molecule has 0 fully saturated rings. The lowest BCUT2D eigenvalue weighted by Gasteiger charge is -2.31. The molecule has 2 rings (SSSR count). The minimum absolute atomic E-state index is 0.271. The van der Waals surface area contributed by atoms with Crippen molar-refractivity contribution in [3.63, 3.8) is 0 Å². The van der Waals surface area contributed by atoms with Gasteiger partial charge in [0.1, 0.15) is 0 Å². The fourth-order valence-corrected chi connectivity index (χ4v) is 1.95. The highest BCUT2D eigenvalue weighted by molar-refractivity contribution is 5.45. The van der Waals surface area contributed by atoms with Gasteiger partial charge in [0.25, 0.3) is 0 Å². The molecule has 0 saturated heterocycles. The average Bonchev–Trinajstić information content (AvgIpc) is 2.02. The van der Waals surface area contributed by atoms with Gasteiger partial charge in [0.05, 0.1) is 0 Å². The van der Waals surface area contributed by atoms with Gasteiger partial charge >= 0.3 is 0 Å². The van der Waals surface area contributed by atoms with E-state index in [9.17, 15) is 0 Å². The topological polar surface area (TPSA) is 0 Å². The summed E-state index contributed by atoms with van der Waals surface area (Å²) in [5.41, 5.74) is 3.09. The summed E-state index contributed by atoms with van der Waals surface area (Å²) in [5.74, 6) is 0. The van der Waals surface area contributed by atoms with Crippen molar-refractivity contribution in [2.24, 2.45) is 5.41 Å². The van der Waals surface area contributed by atoms with Gasteiger partial charge in [0.15, 0.2) is 0 Å². The molecule has 12 heavy (non-hydrogen) atoms. The van der Waals surface area contributed by atoms with E-state index in [1.807, 2.05) is 0 Å². The maximum atomic E-state index is 2.36. The molecular weight excluding hydrogens is 144 g/mol. The molecule has 1 unspecified atom stereocenters. The van der Waals surface area contributed by atoms with Crippen LogP contribution >= 0.6 is 0 Å². The lowest BCUT2D eigenvalue weighted by molar-refractivity contribution is 0.523. The Morgan fingerprint density at radius 2 is 2.17 bits per heavy atom. The predicted octanol–water partition coefficient (Wildman–Crippen LogP) is 3.40. The van der Waals surface area contributed by atoms with E-state index in [-0.39, 0.29) is 5.41 Å². The molecule has 0 nitrogen and oxygen atoms in total. The molecule has 0 aromatic carbocycles. The highest BCUT2D eigenvalue weighted by Gasteiger charge is 2.26. The Bertz CT molecular complexity index is 313. The summed E-state index contributed by atoms with van der Waals surface area (Å²) in [7, 11) is 0. The molecule has 0 bridgehead atoms. The molecule has 0 spiro atoms. The molecule has 0 heteroatoms. The van der Waals surface area contributed by atoms with Crippen LogP contribution in [-0.4, -0.2) is 0 Å². The van der Waals surface area contributed by atoms with Gasteiger partial charge in [0, 0.05) is 5.41 Å².